The molecule has 0 heterocycles. The normalized spacial score (nSPS) is 12.2. The highest BCUT2D eigenvalue weighted by molar-refractivity contribution is 7.87. The van der Waals surface area contributed by atoms with Crippen molar-refractivity contribution < 1.29 is 27.7 Å². The summed E-state index contributed by atoms with van der Waals surface area (Å²) in [6, 6.07) is 5.48. The maximum Gasteiger partial charge on any atom is 0.385 e. The molecule has 1 aromatic rings. The molecule has 1 amide bonds. The van der Waals surface area contributed by atoms with Crippen LogP contribution in [0.5, 0.6) is 0 Å². The minimum Gasteiger partial charge on any atom is -0.480 e. The molecule has 106 valence electrons. The standard InChI is InChI=1S/C10H9N3O6S/c11-13-7-3-1-6(2-4-7)12-9(14)5-8(10(15)16)20(17,18)19/h1-4,8H,5H2,(H2-,12,14,15,16,17,18,19)/p+1. The maximum atomic E-state index is 11.5. The van der Waals surface area contributed by atoms with Gasteiger partial charge < -0.3 is 10.4 Å². The number of benzene rings is 1. The summed E-state index contributed by atoms with van der Waals surface area (Å²) in [6.07, 6.45) is -0.930. The lowest BCUT2D eigenvalue weighted by atomic mass is 10.2. The minimum absolute atomic E-state index is 0.240. The van der Waals surface area contributed by atoms with E-state index in [1.165, 1.54) is 24.3 Å². The summed E-state index contributed by atoms with van der Waals surface area (Å²) in [6.45, 7) is 0. The second-order valence-electron chi connectivity index (χ2n) is 3.74. The fraction of sp³-hybridized carbons (Fsp3) is 0.200. The van der Waals surface area contributed by atoms with Gasteiger partial charge in [-0.2, -0.15) is 8.42 Å². The number of diazo groups is 1. The zero-order chi connectivity index (χ0) is 15.3. The van der Waals surface area contributed by atoms with Crippen molar-refractivity contribution in [3.8, 4) is 0 Å². The Morgan fingerprint density at radius 2 is 1.85 bits per heavy atom. The van der Waals surface area contributed by atoms with Gasteiger partial charge in [0.05, 0.1) is 6.42 Å². The van der Waals surface area contributed by atoms with Gasteiger partial charge in [-0.15, -0.1) is 0 Å². The van der Waals surface area contributed by atoms with E-state index in [2.05, 4.69) is 10.3 Å². The van der Waals surface area contributed by atoms with Gasteiger partial charge in [-0.25, -0.2) is 0 Å². The van der Waals surface area contributed by atoms with Crippen molar-refractivity contribution in [1.82, 2.24) is 0 Å². The first-order chi connectivity index (χ1) is 9.24. The molecule has 1 rings (SSSR count). The lowest BCUT2D eigenvalue weighted by molar-refractivity contribution is -0.138. The van der Waals surface area contributed by atoms with Gasteiger partial charge in [0.2, 0.25) is 11.3 Å². The smallest absolute Gasteiger partial charge is 0.385 e. The number of carbonyl (C=O) groups is 2. The van der Waals surface area contributed by atoms with Gasteiger partial charge in [-0.05, 0) is 12.1 Å². The fourth-order valence-electron chi connectivity index (χ4n) is 1.31. The van der Waals surface area contributed by atoms with Gasteiger partial charge in [0.25, 0.3) is 10.1 Å². The Hall–Kier alpha value is -2.51. The highest BCUT2D eigenvalue weighted by Gasteiger charge is 2.33. The van der Waals surface area contributed by atoms with Crippen molar-refractivity contribution in [2.45, 2.75) is 11.7 Å². The summed E-state index contributed by atoms with van der Waals surface area (Å²) in [5.74, 6) is -2.72. The van der Waals surface area contributed by atoms with Crippen LogP contribution in [0.3, 0.4) is 0 Å². The lowest BCUT2D eigenvalue weighted by Crippen LogP contribution is -2.33. The van der Waals surface area contributed by atoms with E-state index in [1.54, 1.807) is 0 Å². The molecule has 0 spiro atoms. The largest absolute Gasteiger partial charge is 0.480 e. The van der Waals surface area contributed by atoms with E-state index < -0.39 is 33.7 Å². The van der Waals surface area contributed by atoms with Crippen LogP contribution >= 0.6 is 0 Å². The Morgan fingerprint density at radius 1 is 1.30 bits per heavy atom. The summed E-state index contributed by atoms with van der Waals surface area (Å²) < 4.78 is 30.3. The molecule has 0 aromatic heterocycles. The quantitative estimate of drug-likeness (QED) is 0.538. The van der Waals surface area contributed by atoms with E-state index in [9.17, 15) is 18.0 Å². The predicted octanol–water partition coefficient (Wildman–Crippen LogP) is 0.841. The monoisotopic (exact) mass is 300 g/mol. The van der Waals surface area contributed by atoms with Gasteiger partial charge in [0.15, 0.2) is 10.2 Å². The van der Waals surface area contributed by atoms with Crippen LogP contribution in [0, 0.1) is 5.39 Å². The number of rotatable bonds is 5. The number of nitrogens with one attached hydrogen (secondary N) is 1. The molecular formula is C10H10N3O6S+. The van der Waals surface area contributed by atoms with Crippen molar-refractivity contribution in [3.05, 3.63) is 29.2 Å². The first-order valence-corrected chi connectivity index (χ1v) is 6.68. The number of hydrogen-bond donors (Lipinski definition) is 3. The van der Waals surface area contributed by atoms with Crippen LogP contribution < -0.4 is 5.32 Å². The summed E-state index contributed by atoms with van der Waals surface area (Å²) in [5.41, 5.74) is 0.492. The van der Waals surface area contributed by atoms with Crippen molar-refractivity contribution in [2.24, 2.45) is 0 Å². The van der Waals surface area contributed by atoms with E-state index in [0.29, 0.717) is 0 Å². The predicted molar refractivity (Wildman–Crippen MR) is 67.4 cm³/mol. The molecule has 0 radical (unpaired) electrons. The molecule has 10 heteroatoms. The highest BCUT2D eigenvalue weighted by atomic mass is 32.2. The lowest BCUT2D eigenvalue weighted by Gasteiger charge is -2.09. The fourth-order valence-corrected chi connectivity index (χ4v) is 1.93. The summed E-state index contributed by atoms with van der Waals surface area (Å²) in [4.78, 5) is 25.1. The number of carbonyl (C=O) groups excluding carboxylic acids is 1. The number of amides is 1. The van der Waals surface area contributed by atoms with Gasteiger partial charge >= 0.3 is 11.7 Å². The first-order valence-electron chi connectivity index (χ1n) is 5.18. The Bertz CT molecular complexity index is 661. The van der Waals surface area contributed by atoms with Crippen LogP contribution in [0.1, 0.15) is 6.42 Å². The molecule has 0 aliphatic heterocycles. The van der Waals surface area contributed by atoms with Crippen LogP contribution in [-0.4, -0.2) is 35.2 Å². The number of aliphatic carboxylic acids is 1. The third-order valence-electron chi connectivity index (χ3n) is 2.27. The van der Waals surface area contributed by atoms with E-state index in [1.807, 2.05) is 0 Å². The molecule has 3 N–H and O–H groups in total. The molecule has 9 nitrogen and oxygen atoms in total. The number of anilines is 1. The molecule has 0 fully saturated rings. The van der Waals surface area contributed by atoms with Crippen molar-refractivity contribution in [1.29, 1.82) is 5.39 Å². The maximum absolute atomic E-state index is 11.5. The van der Waals surface area contributed by atoms with E-state index >= 15 is 0 Å². The zero-order valence-corrected chi connectivity index (χ0v) is 10.7. The number of nitrogens with zero attached hydrogens (tertiary/aromatic N) is 2. The molecule has 0 aliphatic carbocycles. The molecule has 0 saturated heterocycles. The van der Waals surface area contributed by atoms with Crippen molar-refractivity contribution >= 4 is 33.4 Å². The third-order valence-corrected chi connectivity index (χ3v) is 3.36. The number of hydrogen-bond acceptors (Lipinski definition) is 5. The van der Waals surface area contributed by atoms with Gasteiger partial charge in [0, 0.05) is 17.8 Å². The van der Waals surface area contributed by atoms with Gasteiger partial charge in [-0.1, -0.05) is 0 Å². The topological polar surface area (TPSA) is 149 Å². The Kier molecular flexibility index (Phi) is 4.73. The van der Waals surface area contributed by atoms with Crippen LogP contribution in [0.25, 0.3) is 4.98 Å². The van der Waals surface area contributed by atoms with Crippen LogP contribution in [0.2, 0.25) is 0 Å². The summed E-state index contributed by atoms with van der Waals surface area (Å²) >= 11 is 0. The zero-order valence-electron chi connectivity index (χ0n) is 9.92. The van der Waals surface area contributed by atoms with Gasteiger partial charge in [-0.3, -0.25) is 14.1 Å². The van der Waals surface area contributed by atoms with E-state index in [-0.39, 0.29) is 11.4 Å². The molecule has 1 aromatic carbocycles. The van der Waals surface area contributed by atoms with Crippen LogP contribution in [0.4, 0.5) is 11.4 Å². The highest BCUT2D eigenvalue weighted by Crippen LogP contribution is 2.16. The second-order valence-corrected chi connectivity index (χ2v) is 5.34. The average Bonchev–Trinajstić information content (AvgIpc) is 2.35. The minimum atomic E-state index is -4.87. The molecule has 0 bridgehead atoms. The molecular weight excluding hydrogens is 290 g/mol. The SMILES string of the molecule is N#[N+]c1ccc(NC(=O)CC(C(=O)O)S(=O)(=O)O)cc1. The van der Waals surface area contributed by atoms with Gasteiger partial charge in [0.1, 0.15) is 0 Å². The van der Waals surface area contributed by atoms with E-state index in [0.717, 1.165) is 0 Å². The summed E-state index contributed by atoms with van der Waals surface area (Å²) in [7, 11) is -4.87. The van der Waals surface area contributed by atoms with Crippen molar-refractivity contribution in [3.63, 3.8) is 0 Å². The molecule has 1 unspecified atom stereocenters. The molecule has 20 heavy (non-hydrogen) atoms. The van der Waals surface area contributed by atoms with Crippen molar-refractivity contribution in [2.75, 3.05) is 5.32 Å². The van der Waals surface area contributed by atoms with E-state index in [4.69, 9.17) is 15.1 Å². The Balaban J connectivity index is 2.76. The van der Waals surface area contributed by atoms with Crippen LogP contribution in [0.15, 0.2) is 24.3 Å². The Labute approximate surface area is 113 Å². The second kappa shape index (κ2) is 6.09. The molecule has 1 atom stereocenters. The third kappa shape index (κ3) is 4.30. The average molecular weight is 300 g/mol. The molecule has 0 saturated carbocycles. The first kappa shape index (κ1) is 15.5. The van der Waals surface area contributed by atoms with Crippen LogP contribution in [-0.2, 0) is 19.7 Å². The Morgan fingerprint density at radius 3 is 2.25 bits per heavy atom. The molecule has 0 aliphatic rings. The summed E-state index contributed by atoms with van der Waals surface area (Å²) in [5, 5.41) is 17.1. The number of carboxylic acids is 1. The number of carboxylic acid groups (broad SMARTS) is 1.